The molecule has 0 atom stereocenters. The second-order valence-electron chi connectivity index (χ2n) is 2.03. The molecule has 0 bridgehead atoms. The molecule has 0 spiro atoms. The molecule has 0 radical (unpaired) electrons. The van der Waals surface area contributed by atoms with E-state index in [1.54, 1.807) is 6.07 Å². The van der Waals surface area contributed by atoms with Gasteiger partial charge in [-0.1, -0.05) is 49.6 Å². The summed E-state index contributed by atoms with van der Waals surface area (Å²) >= 11 is 0. The molecule has 0 aliphatic carbocycles. The molecule has 0 saturated heterocycles. The van der Waals surface area contributed by atoms with Crippen LogP contribution in [0.3, 0.4) is 0 Å². The quantitative estimate of drug-likeness (QED) is 0.457. The number of nitrogens with zero attached hydrogens (tertiary/aromatic N) is 1. The average molecular weight is 231 g/mol. The summed E-state index contributed by atoms with van der Waals surface area (Å²) in [7, 11) is 0. The molecule has 1 N–H and O–H groups in total. The number of allylic oxidation sites excluding steroid dienone is 1. The third-order valence-corrected chi connectivity index (χ3v) is 0.933. The molecule has 0 amide bonds. The molecule has 0 fully saturated rings. The first kappa shape index (κ1) is 19.9. The fourth-order valence-electron chi connectivity index (χ4n) is 0.385. The summed E-state index contributed by atoms with van der Waals surface area (Å²) in [6.45, 7) is 12.1. The Morgan fingerprint density at radius 2 is 1.24 bits per heavy atom. The second kappa shape index (κ2) is 23.3. The first-order valence-electron chi connectivity index (χ1n) is 4.55. The number of hydrogen-bond donors (Lipinski definition) is 1. The van der Waals surface area contributed by atoms with E-state index < -0.39 is 5.97 Å². The molecule has 90 valence electrons. The number of hydrogen-bond acceptors (Lipinski definition) is 2. The molecule has 0 saturated carbocycles. The van der Waals surface area contributed by atoms with E-state index in [1.807, 2.05) is 36.4 Å². The molecular weight excluding hydrogens is 214 g/mol. The highest BCUT2D eigenvalue weighted by Gasteiger charge is 1.73. The van der Waals surface area contributed by atoms with Gasteiger partial charge in [0.15, 0.2) is 0 Å². The largest absolute Gasteiger partial charge is 0.478 e. The minimum absolute atomic E-state index is 0.833. The summed E-state index contributed by atoms with van der Waals surface area (Å²) in [6, 6.07) is 13.7. The summed E-state index contributed by atoms with van der Waals surface area (Å²) in [4.78, 5) is 9.25. The Morgan fingerprint density at radius 1 is 1.06 bits per heavy atom. The van der Waals surface area contributed by atoms with E-state index in [4.69, 9.17) is 10.4 Å². The predicted octanol–water partition coefficient (Wildman–Crippen LogP) is 3.44. The van der Waals surface area contributed by atoms with Gasteiger partial charge in [-0.05, 0) is 0 Å². The van der Waals surface area contributed by atoms with Crippen LogP contribution in [0.15, 0.2) is 74.9 Å². The maximum Gasteiger partial charge on any atom is 0.327 e. The van der Waals surface area contributed by atoms with Crippen molar-refractivity contribution in [2.75, 3.05) is 0 Å². The van der Waals surface area contributed by atoms with E-state index >= 15 is 0 Å². The van der Waals surface area contributed by atoms with Crippen molar-refractivity contribution in [1.82, 2.24) is 0 Å². The van der Waals surface area contributed by atoms with Gasteiger partial charge < -0.3 is 5.11 Å². The highest BCUT2D eigenvalue weighted by molar-refractivity contribution is 5.78. The van der Waals surface area contributed by atoms with Crippen molar-refractivity contribution in [3.63, 3.8) is 0 Å². The van der Waals surface area contributed by atoms with Gasteiger partial charge in [0.1, 0.15) is 0 Å². The monoisotopic (exact) mass is 231 g/mol. The molecule has 3 nitrogen and oxygen atoms in total. The molecule has 1 rings (SSSR count). The van der Waals surface area contributed by atoms with Crippen LogP contribution >= 0.6 is 0 Å². The van der Waals surface area contributed by atoms with Crippen molar-refractivity contribution in [3.8, 4) is 6.07 Å². The summed E-state index contributed by atoms with van der Waals surface area (Å²) in [5.41, 5.74) is 0. The van der Waals surface area contributed by atoms with Gasteiger partial charge in [0.25, 0.3) is 0 Å². The lowest BCUT2D eigenvalue weighted by Crippen LogP contribution is -1.82. The van der Waals surface area contributed by atoms with Crippen LogP contribution in [0.4, 0.5) is 0 Å². The molecular formula is C14H17NO2. The zero-order chi connectivity index (χ0) is 13.9. The summed E-state index contributed by atoms with van der Waals surface area (Å²) in [5.74, 6) is -0.981. The lowest BCUT2D eigenvalue weighted by atomic mass is 10.4. The van der Waals surface area contributed by atoms with Gasteiger partial charge in [0, 0.05) is 12.2 Å². The van der Waals surface area contributed by atoms with Crippen molar-refractivity contribution in [2.24, 2.45) is 0 Å². The number of carboxylic acid groups (broad SMARTS) is 1. The Morgan fingerprint density at radius 3 is 1.29 bits per heavy atom. The number of benzene rings is 1. The van der Waals surface area contributed by atoms with Crippen molar-refractivity contribution >= 4 is 5.97 Å². The van der Waals surface area contributed by atoms with Crippen molar-refractivity contribution in [2.45, 2.75) is 0 Å². The molecule has 3 heteroatoms. The lowest BCUT2D eigenvalue weighted by Gasteiger charge is -1.69. The number of aliphatic carboxylic acids is 1. The first-order valence-corrected chi connectivity index (χ1v) is 4.55. The zero-order valence-electron chi connectivity index (χ0n) is 9.75. The molecule has 0 aromatic heterocycles. The Kier molecular flexibility index (Phi) is 27.3. The Balaban J connectivity index is -0.000000165. The van der Waals surface area contributed by atoms with Crippen molar-refractivity contribution in [3.05, 3.63) is 74.9 Å². The van der Waals surface area contributed by atoms with Crippen LogP contribution in [0.5, 0.6) is 0 Å². The van der Waals surface area contributed by atoms with Crippen LogP contribution in [0.1, 0.15) is 0 Å². The molecule has 0 unspecified atom stereocenters. The highest BCUT2D eigenvalue weighted by atomic mass is 16.4. The zero-order valence-corrected chi connectivity index (χ0v) is 9.75. The highest BCUT2D eigenvalue weighted by Crippen LogP contribution is 1.79. The van der Waals surface area contributed by atoms with Crippen LogP contribution in [0.2, 0.25) is 0 Å². The molecule has 1 aromatic rings. The maximum absolute atomic E-state index is 9.25. The first-order chi connectivity index (χ1) is 8.18. The van der Waals surface area contributed by atoms with Crippen LogP contribution in [0, 0.1) is 11.3 Å². The number of carbonyl (C=O) groups is 1. The van der Waals surface area contributed by atoms with Gasteiger partial charge in [-0.3, -0.25) is 0 Å². The van der Waals surface area contributed by atoms with Gasteiger partial charge >= 0.3 is 5.97 Å². The predicted molar refractivity (Wildman–Crippen MR) is 71.3 cm³/mol. The molecule has 17 heavy (non-hydrogen) atoms. The summed E-state index contributed by atoms with van der Waals surface area (Å²) in [5, 5.41) is 15.1. The van der Waals surface area contributed by atoms with E-state index in [2.05, 4.69) is 26.3 Å². The third kappa shape index (κ3) is 42.5. The fraction of sp³-hybridized carbons (Fsp3) is 0. The maximum atomic E-state index is 9.25. The van der Waals surface area contributed by atoms with Gasteiger partial charge in [-0.25, -0.2) is 4.79 Å². The molecule has 0 heterocycles. The van der Waals surface area contributed by atoms with Crippen LogP contribution < -0.4 is 0 Å². The van der Waals surface area contributed by atoms with Crippen LogP contribution in [-0.2, 0) is 4.79 Å². The van der Waals surface area contributed by atoms with Gasteiger partial charge in [0.05, 0.1) is 6.07 Å². The summed E-state index contributed by atoms with van der Waals surface area (Å²) in [6.07, 6.45) is 2.01. The second-order valence-corrected chi connectivity index (χ2v) is 2.03. The number of carboxylic acids is 1. The minimum Gasteiger partial charge on any atom is -0.478 e. The molecule has 0 aliphatic heterocycles. The Hall–Kier alpha value is -2.60. The number of nitriles is 1. The normalized spacial score (nSPS) is 5.82. The topological polar surface area (TPSA) is 61.1 Å². The minimum atomic E-state index is -0.981. The van der Waals surface area contributed by atoms with Gasteiger partial charge in [-0.2, -0.15) is 5.26 Å². The van der Waals surface area contributed by atoms with Crippen molar-refractivity contribution in [1.29, 1.82) is 5.26 Å². The van der Waals surface area contributed by atoms with Gasteiger partial charge in [-0.15, -0.1) is 13.2 Å². The SMILES string of the molecule is C=C.C=CC#N.C=CC(=O)O.c1ccccc1. The van der Waals surface area contributed by atoms with Gasteiger partial charge in [0.2, 0.25) is 0 Å². The third-order valence-electron chi connectivity index (χ3n) is 0.933. The molecule has 0 aliphatic rings. The van der Waals surface area contributed by atoms with Crippen LogP contribution in [-0.4, -0.2) is 11.1 Å². The van der Waals surface area contributed by atoms with Crippen LogP contribution in [0.25, 0.3) is 0 Å². The number of rotatable bonds is 1. The van der Waals surface area contributed by atoms with E-state index in [1.165, 1.54) is 6.08 Å². The molecule has 1 aromatic carbocycles. The Labute approximate surface area is 103 Å². The van der Waals surface area contributed by atoms with Crippen molar-refractivity contribution < 1.29 is 9.90 Å². The average Bonchev–Trinajstić information content (AvgIpc) is 2.44. The fourth-order valence-corrected chi connectivity index (χ4v) is 0.385. The smallest absolute Gasteiger partial charge is 0.327 e. The van der Waals surface area contributed by atoms with E-state index in [0.717, 1.165) is 6.08 Å². The van der Waals surface area contributed by atoms with E-state index in [9.17, 15) is 4.79 Å². The van der Waals surface area contributed by atoms with E-state index in [0.29, 0.717) is 0 Å². The van der Waals surface area contributed by atoms with E-state index in [-0.39, 0.29) is 0 Å². The lowest BCUT2D eigenvalue weighted by molar-refractivity contribution is -0.131. The summed E-state index contributed by atoms with van der Waals surface area (Å²) < 4.78 is 0. The Bertz CT molecular complexity index is 299. The standard InChI is InChI=1S/C6H6.C3H3N.C3H4O2.C2H4/c1-2-4-6-5-3-1;1-2-3-4;1-2-3(4)5;1-2/h1-6H;2H,1H2;2H,1H2,(H,4,5);1-2H2.